The maximum absolute atomic E-state index is 6.08. The number of fused-ring (bicyclic) bond motifs is 1. The van der Waals surface area contributed by atoms with Crippen LogP contribution in [0.2, 0.25) is 0 Å². The van der Waals surface area contributed by atoms with Gasteiger partial charge in [-0.3, -0.25) is 10.9 Å². The van der Waals surface area contributed by atoms with E-state index in [0.717, 1.165) is 51.0 Å². The minimum Gasteiger partial charge on any atom is -0.488 e. The van der Waals surface area contributed by atoms with Crippen LogP contribution in [-0.2, 0) is 0 Å². The number of rotatable bonds is 11. The highest BCUT2D eigenvalue weighted by Gasteiger charge is 2.14. The van der Waals surface area contributed by atoms with Crippen LogP contribution in [0.4, 0.5) is 11.4 Å². The fourth-order valence-electron chi connectivity index (χ4n) is 4.26. The van der Waals surface area contributed by atoms with Gasteiger partial charge in [0, 0.05) is 23.0 Å². The average molecular weight is 651 g/mol. The van der Waals surface area contributed by atoms with Gasteiger partial charge < -0.3 is 24.8 Å². The summed E-state index contributed by atoms with van der Waals surface area (Å²) in [4.78, 5) is 0. The molecule has 0 aliphatic carbocycles. The molecule has 1 aliphatic heterocycles. The Bertz CT molecular complexity index is 1740. The van der Waals surface area contributed by atoms with E-state index in [4.69, 9.17) is 38.6 Å². The number of hydrogen-bond acceptors (Lipinski definition) is 7. The molecule has 0 spiro atoms. The Kier molecular flexibility index (Phi) is 11.3. The SMILES string of the molecule is C/C(COc1ccc(C2=Cc3ccc(OC/C(C)=N/NC(=S)Nc4ccccc4)cc3OC2)cc1)=N\NC(=S)Nc1ccccc1. The fraction of sp³-hybridized carbons (Fsp3) is 0.143. The second kappa shape index (κ2) is 16.2. The lowest BCUT2D eigenvalue weighted by Crippen LogP contribution is -2.25. The van der Waals surface area contributed by atoms with Crippen molar-refractivity contribution in [3.05, 3.63) is 114 Å². The van der Waals surface area contributed by atoms with Crippen molar-refractivity contribution >= 4 is 69.1 Å². The Hall–Kier alpha value is -5.26. The molecule has 1 heterocycles. The summed E-state index contributed by atoms with van der Waals surface area (Å²) < 4.78 is 17.9. The smallest absolute Gasteiger partial charge is 0.191 e. The van der Waals surface area contributed by atoms with Crippen molar-refractivity contribution in [2.75, 3.05) is 30.5 Å². The minimum absolute atomic E-state index is 0.302. The number of benzene rings is 4. The van der Waals surface area contributed by atoms with Gasteiger partial charge in [0.25, 0.3) is 0 Å². The molecule has 46 heavy (non-hydrogen) atoms. The molecule has 234 valence electrons. The van der Waals surface area contributed by atoms with Crippen molar-refractivity contribution in [1.82, 2.24) is 10.9 Å². The topological polar surface area (TPSA) is 101 Å². The third-order valence-electron chi connectivity index (χ3n) is 6.58. The summed E-state index contributed by atoms with van der Waals surface area (Å²) in [6, 6.07) is 33.1. The molecule has 0 saturated carbocycles. The predicted octanol–water partition coefficient (Wildman–Crippen LogP) is 7.10. The molecular formula is C35H34N6O3S2. The highest BCUT2D eigenvalue weighted by molar-refractivity contribution is 7.80. The molecule has 0 fully saturated rings. The maximum Gasteiger partial charge on any atom is 0.191 e. The normalized spacial score (nSPS) is 12.5. The van der Waals surface area contributed by atoms with Crippen LogP contribution >= 0.6 is 24.4 Å². The molecule has 4 aromatic carbocycles. The summed E-state index contributed by atoms with van der Waals surface area (Å²) in [5.41, 5.74) is 12.1. The van der Waals surface area contributed by atoms with Crippen molar-refractivity contribution in [3.8, 4) is 17.2 Å². The lowest BCUT2D eigenvalue weighted by molar-refractivity contribution is 0.351. The van der Waals surface area contributed by atoms with Gasteiger partial charge in [0.2, 0.25) is 0 Å². The van der Waals surface area contributed by atoms with Gasteiger partial charge in [-0.15, -0.1) is 0 Å². The molecule has 0 aromatic heterocycles. The number of ether oxygens (including phenoxy) is 3. The van der Waals surface area contributed by atoms with Gasteiger partial charge in [-0.05, 0) is 104 Å². The lowest BCUT2D eigenvalue weighted by atomic mass is 10.0. The van der Waals surface area contributed by atoms with Crippen molar-refractivity contribution in [2.24, 2.45) is 10.2 Å². The Morgan fingerprint density at radius 2 is 1.22 bits per heavy atom. The molecule has 0 amide bonds. The third-order valence-corrected chi connectivity index (χ3v) is 6.97. The number of para-hydroxylation sites is 2. The summed E-state index contributed by atoms with van der Waals surface area (Å²) in [5, 5.41) is 15.6. The molecule has 9 nitrogen and oxygen atoms in total. The first-order chi connectivity index (χ1) is 22.4. The van der Waals surface area contributed by atoms with Crippen LogP contribution < -0.4 is 35.7 Å². The highest BCUT2D eigenvalue weighted by Crippen LogP contribution is 2.33. The van der Waals surface area contributed by atoms with E-state index in [1.807, 2.05) is 117 Å². The number of nitrogens with zero attached hydrogens (tertiary/aromatic N) is 2. The highest BCUT2D eigenvalue weighted by atomic mass is 32.1. The molecule has 0 saturated heterocycles. The Balaban J connectivity index is 1.08. The van der Waals surface area contributed by atoms with Gasteiger partial charge in [0.05, 0.1) is 11.4 Å². The Morgan fingerprint density at radius 3 is 1.78 bits per heavy atom. The lowest BCUT2D eigenvalue weighted by Gasteiger charge is -2.19. The van der Waals surface area contributed by atoms with Gasteiger partial charge in [-0.1, -0.05) is 48.5 Å². The first-order valence-electron chi connectivity index (χ1n) is 14.5. The van der Waals surface area contributed by atoms with Crippen molar-refractivity contribution in [3.63, 3.8) is 0 Å². The first kappa shape index (κ1) is 32.1. The standard InChI is InChI=1S/C35H34N6O3S2/c1-24(38-40-34(45)36-29-9-5-3-6-10-29)21-42-31-16-13-26(14-17-31)28-19-27-15-18-32(20-33(27)44-23-28)43-22-25(2)39-41-35(46)37-30-11-7-4-8-12-30/h3-20H,21-23H2,1-2H3,(H2,36,40,45)(H2,37,41,46)/b38-24+,39-25+. The summed E-state index contributed by atoms with van der Waals surface area (Å²) in [5.74, 6) is 2.20. The molecule has 11 heteroatoms. The molecule has 0 radical (unpaired) electrons. The van der Waals surface area contributed by atoms with E-state index in [1.54, 1.807) is 0 Å². The molecule has 1 aliphatic rings. The van der Waals surface area contributed by atoms with Crippen LogP contribution in [0.25, 0.3) is 11.6 Å². The van der Waals surface area contributed by atoms with Gasteiger partial charge in [0.15, 0.2) is 10.2 Å². The number of hydrazone groups is 2. The summed E-state index contributed by atoms with van der Waals surface area (Å²) in [6.45, 7) is 4.81. The van der Waals surface area contributed by atoms with Gasteiger partial charge in [0.1, 0.15) is 37.1 Å². The van der Waals surface area contributed by atoms with E-state index in [0.29, 0.717) is 35.8 Å². The quantitative estimate of drug-likeness (QED) is 0.0769. The Labute approximate surface area is 279 Å². The first-order valence-corrected chi connectivity index (χ1v) is 15.4. The molecular weight excluding hydrogens is 617 g/mol. The second-order valence-electron chi connectivity index (χ2n) is 10.3. The van der Waals surface area contributed by atoms with Crippen LogP contribution in [0.5, 0.6) is 17.2 Å². The number of anilines is 2. The number of thiocarbonyl (C=S) groups is 2. The number of hydrogen-bond donors (Lipinski definition) is 4. The molecule has 5 rings (SSSR count). The summed E-state index contributed by atoms with van der Waals surface area (Å²) in [7, 11) is 0. The van der Waals surface area contributed by atoms with Crippen LogP contribution in [0.3, 0.4) is 0 Å². The molecule has 0 unspecified atom stereocenters. The average Bonchev–Trinajstić information content (AvgIpc) is 3.09. The monoisotopic (exact) mass is 650 g/mol. The minimum atomic E-state index is 0.302. The van der Waals surface area contributed by atoms with Crippen molar-refractivity contribution in [1.29, 1.82) is 0 Å². The second-order valence-corrected chi connectivity index (χ2v) is 11.1. The van der Waals surface area contributed by atoms with Crippen molar-refractivity contribution < 1.29 is 14.2 Å². The molecule has 0 atom stereocenters. The van der Waals surface area contributed by atoms with E-state index < -0.39 is 0 Å². The third kappa shape index (κ3) is 9.88. The summed E-state index contributed by atoms with van der Waals surface area (Å²) >= 11 is 10.6. The maximum atomic E-state index is 6.08. The van der Waals surface area contributed by atoms with Crippen LogP contribution in [-0.4, -0.2) is 41.5 Å². The van der Waals surface area contributed by atoms with Gasteiger partial charge >= 0.3 is 0 Å². The van der Waals surface area contributed by atoms with E-state index in [-0.39, 0.29) is 0 Å². The zero-order valence-electron chi connectivity index (χ0n) is 25.4. The number of nitrogens with one attached hydrogen (secondary N) is 4. The Morgan fingerprint density at radius 1 is 0.696 bits per heavy atom. The molecule has 4 N–H and O–H groups in total. The van der Waals surface area contributed by atoms with Crippen molar-refractivity contribution in [2.45, 2.75) is 13.8 Å². The summed E-state index contributed by atoms with van der Waals surface area (Å²) in [6.07, 6.45) is 2.13. The van der Waals surface area contributed by atoms with Crippen LogP contribution in [0, 0.1) is 0 Å². The molecule has 0 bridgehead atoms. The van der Waals surface area contributed by atoms with E-state index in [1.165, 1.54) is 0 Å². The van der Waals surface area contributed by atoms with E-state index in [9.17, 15) is 0 Å². The molecule has 4 aromatic rings. The largest absolute Gasteiger partial charge is 0.488 e. The van der Waals surface area contributed by atoms with Crippen LogP contribution in [0.15, 0.2) is 113 Å². The van der Waals surface area contributed by atoms with Crippen LogP contribution in [0.1, 0.15) is 25.0 Å². The zero-order chi connectivity index (χ0) is 32.1. The van der Waals surface area contributed by atoms with E-state index >= 15 is 0 Å². The predicted molar refractivity (Wildman–Crippen MR) is 195 cm³/mol. The van der Waals surface area contributed by atoms with Gasteiger partial charge in [-0.2, -0.15) is 10.2 Å². The fourth-order valence-corrected chi connectivity index (χ4v) is 4.59. The van der Waals surface area contributed by atoms with E-state index in [2.05, 4.69) is 37.8 Å². The van der Waals surface area contributed by atoms with Gasteiger partial charge in [-0.25, -0.2) is 0 Å². The zero-order valence-corrected chi connectivity index (χ0v) is 27.1.